The highest BCUT2D eigenvalue weighted by atomic mass is 35.5. The Morgan fingerprint density at radius 1 is 1.27 bits per heavy atom. The average molecular weight is 408 g/mol. The number of ether oxygens (including phenoxy) is 1. The number of aromatic nitrogens is 1. The number of nitrogens with one attached hydrogen (secondary N) is 1. The molecule has 0 aliphatic carbocycles. The quantitative estimate of drug-likeness (QED) is 0.594. The van der Waals surface area contributed by atoms with Crippen LogP contribution in [0.15, 0.2) is 36.4 Å². The molecule has 0 saturated carbocycles. The Bertz CT molecular complexity index is 916. The zero-order valence-corrected chi connectivity index (χ0v) is 16.4. The standard InChI is InChI=1S/C19H19Cl2N3OS/c20-15-8-14(23-9-11-4-2-1-3-5-11)19-17(24-15)16(21)18(26-19)12-10-25-7-6-13(12)22/h1-5,8,12-13H,6-7,9-10,22H2,(H,23,24)/t12-,13-/m0/s1. The molecule has 4 rings (SSSR count). The number of thiophene rings is 1. The molecule has 1 aliphatic rings. The van der Waals surface area contributed by atoms with Gasteiger partial charge in [-0.3, -0.25) is 0 Å². The summed E-state index contributed by atoms with van der Waals surface area (Å²) in [6, 6.07) is 12.1. The molecule has 0 unspecified atom stereocenters. The van der Waals surface area contributed by atoms with Gasteiger partial charge in [0.1, 0.15) is 10.7 Å². The Hall–Kier alpha value is -1.37. The monoisotopic (exact) mass is 407 g/mol. The Labute approximate surface area is 166 Å². The third-order valence-corrected chi connectivity index (χ3v) is 6.68. The fraction of sp³-hybridized carbons (Fsp3) is 0.316. The van der Waals surface area contributed by atoms with Gasteiger partial charge in [-0.2, -0.15) is 0 Å². The molecule has 1 saturated heterocycles. The van der Waals surface area contributed by atoms with Gasteiger partial charge in [-0.15, -0.1) is 11.3 Å². The van der Waals surface area contributed by atoms with Gasteiger partial charge >= 0.3 is 0 Å². The smallest absolute Gasteiger partial charge is 0.131 e. The minimum absolute atomic E-state index is 0.0468. The summed E-state index contributed by atoms with van der Waals surface area (Å²) in [7, 11) is 0. The van der Waals surface area contributed by atoms with E-state index in [0.29, 0.717) is 29.9 Å². The zero-order valence-electron chi connectivity index (χ0n) is 14.0. The molecular formula is C19H19Cl2N3OS. The van der Waals surface area contributed by atoms with Crippen LogP contribution in [0.3, 0.4) is 0 Å². The number of hydrogen-bond acceptors (Lipinski definition) is 5. The first-order chi connectivity index (χ1) is 12.6. The van der Waals surface area contributed by atoms with Gasteiger partial charge in [0.05, 0.1) is 22.0 Å². The summed E-state index contributed by atoms with van der Waals surface area (Å²) in [6.07, 6.45) is 0.836. The molecule has 1 aliphatic heterocycles. The van der Waals surface area contributed by atoms with Crippen LogP contribution in [0.1, 0.15) is 22.8 Å². The Kier molecular flexibility index (Phi) is 5.34. The van der Waals surface area contributed by atoms with Crippen LogP contribution in [0.2, 0.25) is 10.2 Å². The molecule has 0 radical (unpaired) electrons. The minimum atomic E-state index is 0.0468. The van der Waals surface area contributed by atoms with Crippen molar-refractivity contribution in [3.05, 3.63) is 57.0 Å². The molecule has 3 N–H and O–H groups in total. The highest BCUT2D eigenvalue weighted by molar-refractivity contribution is 7.20. The van der Waals surface area contributed by atoms with Gasteiger partial charge in [0.2, 0.25) is 0 Å². The molecule has 2 atom stereocenters. The van der Waals surface area contributed by atoms with E-state index < -0.39 is 0 Å². The van der Waals surface area contributed by atoms with Crippen molar-refractivity contribution in [3.8, 4) is 0 Å². The first-order valence-corrected chi connectivity index (χ1v) is 10.1. The molecule has 0 spiro atoms. The number of rotatable bonds is 4. The van der Waals surface area contributed by atoms with Gasteiger partial charge in [-0.25, -0.2) is 4.98 Å². The van der Waals surface area contributed by atoms with Gasteiger partial charge in [0.25, 0.3) is 0 Å². The van der Waals surface area contributed by atoms with Gasteiger partial charge in [0.15, 0.2) is 0 Å². The molecule has 26 heavy (non-hydrogen) atoms. The topological polar surface area (TPSA) is 60.2 Å². The number of nitrogens with zero attached hydrogens (tertiary/aromatic N) is 1. The van der Waals surface area contributed by atoms with E-state index in [0.717, 1.165) is 27.2 Å². The van der Waals surface area contributed by atoms with Crippen molar-refractivity contribution in [2.24, 2.45) is 5.73 Å². The van der Waals surface area contributed by atoms with Crippen molar-refractivity contribution in [3.63, 3.8) is 0 Å². The average Bonchev–Trinajstić information content (AvgIpc) is 2.98. The minimum Gasteiger partial charge on any atom is -0.381 e. The molecule has 136 valence electrons. The first kappa shape index (κ1) is 18.0. The summed E-state index contributed by atoms with van der Waals surface area (Å²) in [6.45, 7) is 2.00. The lowest BCUT2D eigenvalue weighted by Crippen LogP contribution is -2.36. The van der Waals surface area contributed by atoms with E-state index in [4.69, 9.17) is 33.7 Å². The normalized spacial score (nSPS) is 20.4. The van der Waals surface area contributed by atoms with Crippen molar-refractivity contribution < 1.29 is 4.74 Å². The van der Waals surface area contributed by atoms with E-state index in [-0.39, 0.29) is 12.0 Å². The number of halogens is 2. The fourth-order valence-electron chi connectivity index (χ4n) is 3.21. The SMILES string of the molecule is N[C@H]1CCOC[C@@H]1c1sc2c(NCc3ccccc3)cc(Cl)nc2c1Cl. The molecule has 3 aromatic rings. The number of fused-ring (bicyclic) bond motifs is 1. The summed E-state index contributed by atoms with van der Waals surface area (Å²) in [5.41, 5.74) is 9.17. The van der Waals surface area contributed by atoms with Crippen LogP contribution < -0.4 is 11.1 Å². The molecule has 4 nitrogen and oxygen atoms in total. The maximum absolute atomic E-state index is 6.67. The predicted octanol–water partition coefficient (Wildman–Crippen LogP) is 5.05. The van der Waals surface area contributed by atoms with Gasteiger partial charge in [-0.05, 0) is 12.0 Å². The Morgan fingerprint density at radius 2 is 2.08 bits per heavy atom. The number of nitrogens with two attached hydrogens (primary N) is 1. The van der Waals surface area contributed by atoms with Crippen molar-refractivity contribution in [2.45, 2.75) is 24.9 Å². The zero-order chi connectivity index (χ0) is 18.1. The summed E-state index contributed by atoms with van der Waals surface area (Å²) in [5.74, 6) is 0.0937. The molecule has 0 bridgehead atoms. The molecule has 1 aromatic carbocycles. The highest BCUT2D eigenvalue weighted by Crippen LogP contribution is 2.44. The third-order valence-electron chi connectivity index (χ3n) is 4.65. The van der Waals surface area contributed by atoms with Crippen molar-refractivity contribution in [1.29, 1.82) is 0 Å². The summed E-state index contributed by atoms with van der Waals surface area (Å²) in [5, 5.41) is 4.52. The van der Waals surface area contributed by atoms with E-state index in [1.807, 2.05) is 24.3 Å². The van der Waals surface area contributed by atoms with Gasteiger partial charge in [0, 0.05) is 36.1 Å². The number of hydrogen-bond donors (Lipinski definition) is 2. The molecule has 2 aromatic heterocycles. The second-order valence-electron chi connectivity index (χ2n) is 6.42. The van der Waals surface area contributed by atoms with Crippen LogP contribution in [0.25, 0.3) is 10.2 Å². The molecule has 0 amide bonds. The van der Waals surface area contributed by atoms with Gasteiger partial charge in [-0.1, -0.05) is 53.5 Å². The molecule has 7 heteroatoms. The number of pyridine rings is 1. The van der Waals surface area contributed by atoms with Crippen LogP contribution in [0.4, 0.5) is 5.69 Å². The van der Waals surface area contributed by atoms with Crippen molar-refractivity contribution >= 4 is 50.4 Å². The maximum atomic E-state index is 6.67. The Morgan fingerprint density at radius 3 is 2.85 bits per heavy atom. The number of anilines is 1. The summed E-state index contributed by atoms with van der Waals surface area (Å²) in [4.78, 5) is 5.49. The van der Waals surface area contributed by atoms with Crippen molar-refractivity contribution in [2.75, 3.05) is 18.5 Å². The van der Waals surface area contributed by atoms with Crippen LogP contribution in [-0.2, 0) is 11.3 Å². The second kappa shape index (κ2) is 7.71. The first-order valence-electron chi connectivity index (χ1n) is 8.53. The lowest BCUT2D eigenvalue weighted by Gasteiger charge is -2.28. The van der Waals surface area contributed by atoms with Crippen LogP contribution in [-0.4, -0.2) is 24.2 Å². The van der Waals surface area contributed by atoms with E-state index in [1.54, 1.807) is 11.3 Å². The molecule has 3 heterocycles. The number of benzene rings is 1. The van der Waals surface area contributed by atoms with Crippen LogP contribution >= 0.6 is 34.5 Å². The largest absolute Gasteiger partial charge is 0.381 e. The van der Waals surface area contributed by atoms with E-state index >= 15 is 0 Å². The lowest BCUT2D eigenvalue weighted by molar-refractivity contribution is 0.0702. The van der Waals surface area contributed by atoms with Gasteiger partial charge < -0.3 is 15.8 Å². The predicted molar refractivity (Wildman–Crippen MR) is 110 cm³/mol. The van der Waals surface area contributed by atoms with Crippen molar-refractivity contribution in [1.82, 2.24) is 4.98 Å². The summed E-state index contributed by atoms with van der Waals surface area (Å²) >= 11 is 14.5. The maximum Gasteiger partial charge on any atom is 0.131 e. The lowest BCUT2D eigenvalue weighted by atomic mass is 9.95. The second-order valence-corrected chi connectivity index (χ2v) is 8.24. The third kappa shape index (κ3) is 3.55. The van der Waals surface area contributed by atoms with E-state index in [1.165, 1.54) is 5.56 Å². The fourth-order valence-corrected chi connectivity index (χ4v) is 5.14. The summed E-state index contributed by atoms with van der Waals surface area (Å²) < 4.78 is 6.63. The van der Waals surface area contributed by atoms with E-state index in [2.05, 4.69) is 22.4 Å². The van der Waals surface area contributed by atoms with Crippen LogP contribution in [0, 0.1) is 0 Å². The Balaban J connectivity index is 1.70. The van der Waals surface area contributed by atoms with E-state index in [9.17, 15) is 0 Å². The molecular weight excluding hydrogens is 389 g/mol. The molecule has 1 fully saturated rings. The van der Waals surface area contributed by atoms with Crippen LogP contribution in [0.5, 0.6) is 0 Å². The highest BCUT2D eigenvalue weighted by Gasteiger charge is 2.29.